The molecule has 3 rings (SSSR count). The van der Waals surface area contributed by atoms with Gasteiger partial charge in [-0.3, -0.25) is 0 Å². The van der Waals surface area contributed by atoms with E-state index in [1.54, 1.807) is 13.0 Å². The van der Waals surface area contributed by atoms with Crippen LogP contribution in [0.2, 0.25) is 0 Å². The Morgan fingerprint density at radius 3 is 2.65 bits per heavy atom. The van der Waals surface area contributed by atoms with Crippen LogP contribution in [0.5, 0.6) is 0 Å². The molecule has 3 aromatic rings. The molecule has 5 heteroatoms. The molecular formula is C18H19NO4. The summed E-state index contributed by atoms with van der Waals surface area (Å²) in [5, 5.41) is 13.4. The van der Waals surface area contributed by atoms with Gasteiger partial charge in [0, 0.05) is 17.5 Å². The molecule has 5 nitrogen and oxygen atoms in total. The Morgan fingerprint density at radius 2 is 2.00 bits per heavy atom. The van der Waals surface area contributed by atoms with Crippen molar-refractivity contribution in [1.82, 2.24) is 5.32 Å². The summed E-state index contributed by atoms with van der Waals surface area (Å²) in [6, 6.07) is 9.51. The van der Waals surface area contributed by atoms with Gasteiger partial charge in [-0.15, -0.1) is 0 Å². The number of nitrogens with one attached hydrogen (secondary N) is 1. The Kier molecular flexibility index (Phi) is 3.96. The Bertz CT molecular complexity index is 859. The Balaban J connectivity index is 1.77. The first-order valence-corrected chi connectivity index (χ1v) is 7.51. The van der Waals surface area contributed by atoms with Crippen LogP contribution >= 0.6 is 0 Å². The second kappa shape index (κ2) is 5.93. The van der Waals surface area contributed by atoms with E-state index in [4.69, 9.17) is 13.9 Å². The molecule has 0 unspecified atom stereocenters. The van der Waals surface area contributed by atoms with Gasteiger partial charge in [0.25, 0.3) is 0 Å². The van der Waals surface area contributed by atoms with Gasteiger partial charge < -0.3 is 19.3 Å². The zero-order chi connectivity index (χ0) is 16.6. The van der Waals surface area contributed by atoms with E-state index in [1.807, 2.05) is 38.1 Å². The Morgan fingerprint density at radius 1 is 1.26 bits per heavy atom. The average Bonchev–Trinajstić information content (AvgIpc) is 3.06. The minimum atomic E-state index is -1.06. The van der Waals surface area contributed by atoms with Crippen LogP contribution in [0.3, 0.4) is 0 Å². The zero-order valence-corrected chi connectivity index (χ0v) is 13.3. The van der Waals surface area contributed by atoms with Crippen molar-refractivity contribution in [3.05, 3.63) is 58.7 Å². The van der Waals surface area contributed by atoms with Crippen molar-refractivity contribution in [3.63, 3.8) is 0 Å². The number of hydrogen-bond donors (Lipinski definition) is 2. The number of rotatable bonds is 5. The third-order valence-electron chi connectivity index (χ3n) is 4.10. The van der Waals surface area contributed by atoms with Crippen LogP contribution in [-0.4, -0.2) is 11.1 Å². The lowest BCUT2D eigenvalue weighted by molar-refractivity contribution is 0.0661. The Hall–Kier alpha value is -2.53. The van der Waals surface area contributed by atoms with Crippen molar-refractivity contribution in [1.29, 1.82) is 0 Å². The molecule has 0 saturated heterocycles. The predicted octanol–water partition coefficient (Wildman–Crippen LogP) is 4.19. The molecule has 23 heavy (non-hydrogen) atoms. The minimum Gasteiger partial charge on any atom is -0.475 e. The molecule has 0 saturated carbocycles. The van der Waals surface area contributed by atoms with E-state index in [9.17, 15) is 4.79 Å². The summed E-state index contributed by atoms with van der Waals surface area (Å²) in [5.41, 5.74) is 2.83. The third-order valence-corrected chi connectivity index (χ3v) is 4.10. The van der Waals surface area contributed by atoms with E-state index in [0.717, 1.165) is 27.9 Å². The first-order chi connectivity index (χ1) is 11.0. The van der Waals surface area contributed by atoms with E-state index in [2.05, 4.69) is 5.32 Å². The number of furan rings is 2. The molecule has 120 valence electrons. The molecule has 0 aliphatic rings. The van der Waals surface area contributed by atoms with E-state index < -0.39 is 5.97 Å². The van der Waals surface area contributed by atoms with Crippen molar-refractivity contribution in [3.8, 4) is 0 Å². The highest BCUT2D eigenvalue weighted by atomic mass is 16.4. The number of aryl methyl sites for hydroxylation is 2. The molecule has 2 aromatic heterocycles. The second-order valence-electron chi connectivity index (χ2n) is 5.69. The van der Waals surface area contributed by atoms with Crippen LogP contribution in [0.1, 0.15) is 46.2 Å². The number of fused-ring (bicyclic) bond motifs is 1. The highest BCUT2D eigenvalue weighted by Crippen LogP contribution is 2.29. The molecule has 2 N–H and O–H groups in total. The smallest absolute Gasteiger partial charge is 0.371 e. The number of aromatic carboxylic acids is 1. The maximum Gasteiger partial charge on any atom is 0.371 e. The molecule has 0 aliphatic carbocycles. The summed E-state index contributed by atoms with van der Waals surface area (Å²) in [5.74, 6) is 0.418. The minimum absolute atomic E-state index is 0.00461. The maximum atomic E-state index is 10.9. The molecule has 0 fully saturated rings. The standard InChI is InChI=1S/C18H19NO4/c1-10-14-6-4-5-7-15(14)23-17(10)11(2)19-9-13-8-16(18(20)21)22-12(13)3/h4-8,11,19H,9H2,1-3H3,(H,20,21)/t11-/m0/s1. The van der Waals surface area contributed by atoms with Crippen molar-refractivity contribution >= 4 is 16.9 Å². The van der Waals surface area contributed by atoms with Crippen LogP contribution in [0, 0.1) is 13.8 Å². The highest BCUT2D eigenvalue weighted by molar-refractivity contribution is 5.84. The van der Waals surface area contributed by atoms with Crippen LogP contribution in [0.4, 0.5) is 0 Å². The van der Waals surface area contributed by atoms with E-state index >= 15 is 0 Å². The maximum absolute atomic E-state index is 10.9. The van der Waals surface area contributed by atoms with Crippen molar-refractivity contribution in [2.45, 2.75) is 33.4 Å². The number of hydrogen-bond acceptors (Lipinski definition) is 4. The fourth-order valence-corrected chi connectivity index (χ4v) is 2.76. The van der Waals surface area contributed by atoms with Crippen LogP contribution in [0.15, 0.2) is 39.2 Å². The monoisotopic (exact) mass is 313 g/mol. The van der Waals surface area contributed by atoms with Gasteiger partial charge in [0.1, 0.15) is 17.1 Å². The van der Waals surface area contributed by atoms with Crippen molar-refractivity contribution in [2.75, 3.05) is 0 Å². The topological polar surface area (TPSA) is 75.6 Å². The summed E-state index contributed by atoms with van der Waals surface area (Å²) >= 11 is 0. The summed E-state index contributed by atoms with van der Waals surface area (Å²) in [6.07, 6.45) is 0. The molecule has 1 aromatic carbocycles. The predicted molar refractivity (Wildman–Crippen MR) is 86.6 cm³/mol. The fourth-order valence-electron chi connectivity index (χ4n) is 2.76. The number of carboxylic acid groups (broad SMARTS) is 1. The van der Waals surface area contributed by atoms with Crippen molar-refractivity contribution in [2.24, 2.45) is 0 Å². The van der Waals surface area contributed by atoms with Gasteiger partial charge in [0.15, 0.2) is 0 Å². The second-order valence-corrected chi connectivity index (χ2v) is 5.69. The van der Waals surface area contributed by atoms with Gasteiger partial charge in [0.05, 0.1) is 6.04 Å². The highest BCUT2D eigenvalue weighted by Gasteiger charge is 2.18. The number of carboxylic acids is 1. The number of carbonyl (C=O) groups is 1. The first-order valence-electron chi connectivity index (χ1n) is 7.51. The van der Waals surface area contributed by atoms with Gasteiger partial charge in [-0.05, 0) is 38.5 Å². The molecular weight excluding hydrogens is 294 g/mol. The van der Waals surface area contributed by atoms with Gasteiger partial charge in [0.2, 0.25) is 5.76 Å². The van der Waals surface area contributed by atoms with E-state index in [1.165, 1.54) is 0 Å². The summed E-state index contributed by atoms with van der Waals surface area (Å²) in [4.78, 5) is 10.9. The van der Waals surface area contributed by atoms with Gasteiger partial charge in [-0.2, -0.15) is 0 Å². The van der Waals surface area contributed by atoms with Gasteiger partial charge in [-0.1, -0.05) is 18.2 Å². The lowest BCUT2D eigenvalue weighted by Gasteiger charge is -2.12. The lowest BCUT2D eigenvalue weighted by atomic mass is 10.1. The van der Waals surface area contributed by atoms with Crippen molar-refractivity contribution < 1.29 is 18.7 Å². The Labute approximate surface area is 133 Å². The van der Waals surface area contributed by atoms with Crippen LogP contribution in [0.25, 0.3) is 11.0 Å². The number of para-hydroxylation sites is 1. The summed E-state index contributed by atoms with van der Waals surface area (Å²) in [6.45, 7) is 6.35. The molecule has 0 aliphatic heterocycles. The quantitative estimate of drug-likeness (QED) is 0.738. The average molecular weight is 313 g/mol. The van der Waals surface area contributed by atoms with Crippen LogP contribution < -0.4 is 5.32 Å². The molecule has 0 radical (unpaired) electrons. The first kappa shape index (κ1) is 15.4. The molecule has 0 amide bonds. The van der Waals surface area contributed by atoms with E-state index in [-0.39, 0.29) is 11.8 Å². The summed E-state index contributed by atoms with van der Waals surface area (Å²) < 4.78 is 11.2. The van der Waals surface area contributed by atoms with Gasteiger partial charge in [-0.25, -0.2) is 4.79 Å². The SMILES string of the molecule is Cc1oc(C(=O)O)cc1CN[C@@H](C)c1oc2ccccc2c1C. The molecule has 1 atom stereocenters. The normalized spacial score (nSPS) is 12.7. The molecule has 0 bridgehead atoms. The summed E-state index contributed by atoms with van der Waals surface area (Å²) in [7, 11) is 0. The fraction of sp³-hybridized carbons (Fsp3) is 0.278. The van der Waals surface area contributed by atoms with E-state index in [0.29, 0.717) is 12.3 Å². The zero-order valence-electron chi connectivity index (χ0n) is 13.3. The molecule has 2 heterocycles. The van der Waals surface area contributed by atoms with Gasteiger partial charge >= 0.3 is 5.97 Å². The molecule has 0 spiro atoms. The third kappa shape index (κ3) is 2.87. The largest absolute Gasteiger partial charge is 0.475 e. The number of benzene rings is 1. The van der Waals surface area contributed by atoms with Crippen LogP contribution in [-0.2, 0) is 6.54 Å². The lowest BCUT2D eigenvalue weighted by Crippen LogP contribution is -2.18.